The van der Waals surface area contributed by atoms with Gasteiger partial charge in [0.05, 0.1) is 6.42 Å². The lowest BCUT2D eigenvalue weighted by molar-refractivity contribution is -0.136. The number of halogens is 1. The lowest BCUT2D eigenvalue weighted by Crippen LogP contribution is -2.30. The number of rotatable bonds is 6. The molecule has 1 unspecified atom stereocenters. The average Bonchev–Trinajstić information content (AvgIpc) is 2.16. The molecule has 4 heteroatoms. The molecule has 0 saturated heterocycles. The fraction of sp³-hybridized carbons (Fsp3) is 0.417. The summed E-state index contributed by atoms with van der Waals surface area (Å²) in [6, 6.07) is 6.58. The number of carboxylic acid groups (broad SMARTS) is 1. The first-order chi connectivity index (χ1) is 7.58. The van der Waals surface area contributed by atoms with E-state index in [9.17, 15) is 9.18 Å². The van der Waals surface area contributed by atoms with Gasteiger partial charge in [-0.1, -0.05) is 12.1 Å². The summed E-state index contributed by atoms with van der Waals surface area (Å²) < 4.78 is 12.9. The topological polar surface area (TPSA) is 49.3 Å². The maximum Gasteiger partial charge on any atom is 0.304 e. The average molecular weight is 225 g/mol. The molecule has 0 amide bonds. The Labute approximate surface area is 94.3 Å². The Kier molecular flexibility index (Phi) is 4.92. The largest absolute Gasteiger partial charge is 0.481 e. The standard InChI is InChI=1S/C12H16FNO2/c1-9(14-6-5-12(15)16)7-10-3-2-4-11(13)8-10/h2-4,8-9,14H,5-7H2,1H3,(H,15,16). The van der Waals surface area contributed by atoms with Gasteiger partial charge < -0.3 is 10.4 Å². The van der Waals surface area contributed by atoms with Crippen molar-refractivity contribution in [1.82, 2.24) is 5.32 Å². The van der Waals surface area contributed by atoms with E-state index >= 15 is 0 Å². The predicted octanol–water partition coefficient (Wildman–Crippen LogP) is 1.82. The van der Waals surface area contributed by atoms with Gasteiger partial charge in [0.2, 0.25) is 0 Å². The van der Waals surface area contributed by atoms with Gasteiger partial charge in [-0.05, 0) is 31.0 Å². The van der Waals surface area contributed by atoms with Crippen LogP contribution in [0.25, 0.3) is 0 Å². The van der Waals surface area contributed by atoms with E-state index < -0.39 is 5.97 Å². The summed E-state index contributed by atoms with van der Waals surface area (Å²) in [4.78, 5) is 10.3. The van der Waals surface area contributed by atoms with E-state index in [1.165, 1.54) is 12.1 Å². The monoisotopic (exact) mass is 225 g/mol. The second-order valence-corrected chi connectivity index (χ2v) is 3.83. The zero-order chi connectivity index (χ0) is 12.0. The Hall–Kier alpha value is -1.42. The zero-order valence-corrected chi connectivity index (χ0v) is 9.24. The minimum absolute atomic E-state index is 0.105. The van der Waals surface area contributed by atoms with Crippen molar-refractivity contribution in [3.8, 4) is 0 Å². The van der Waals surface area contributed by atoms with Gasteiger partial charge in [0.25, 0.3) is 0 Å². The van der Waals surface area contributed by atoms with Crippen molar-refractivity contribution in [1.29, 1.82) is 0 Å². The van der Waals surface area contributed by atoms with E-state index in [1.54, 1.807) is 6.07 Å². The van der Waals surface area contributed by atoms with Gasteiger partial charge in [-0.15, -0.1) is 0 Å². The lowest BCUT2D eigenvalue weighted by Gasteiger charge is -2.12. The molecule has 0 bridgehead atoms. The van der Waals surface area contributed by atoms with Crippen LogP contribution in [-0.2, 0) is 11.2 Å². The van der Waals surface area contributed by atoms with Crippen LogP contribution in [-0.4, -0.2) is 23.7 Å². The third-order valence-corrected chi connectivity index (χ3v) is 2.26. The van der Waals surface area contributed by atoms with Crippen molar-refractivity contribution in [3.05, 3.63) is 35.6 Å². The van der Waals surface area contributed by atoms with Crippen LogP contribution in [0.3, 0.4) is 0 Å². The highest BCUT2D eigenvalue weighted by Crippen LogP contribution is 2.06. The van der Waals surface area contributed by atoms with Crippen molar-refractivity contribution < 1.29 is 14.3 Å². The maximum atomic E-state index is 12.9. The summed E-state index contributed by atoms with van der Waals surface area (Å²) >= 11 is 0. The zero-order valence-electron chi connectivity index (χ0n) is 9.24. The summed E-state index contributed by atoms with van der Waals surface area (Å²) in [6.45, 7) is 2.39. The Morgan fingerprint density at radius 3 is 2.94 bits per heavy atom. The van der Waals surface area contributed by atoms with Gasteiger partial charge in [0.1, 0.15) is 5.82 Å². The van der Waals surface area contributed by atoms with Crippen LogP contribution in [0.1, 0.15) is 18.9 Å². The van der Waals surface area contributed by atoms with Gasteiger partial charge in [-0.25, -0.2) is 4.39 Å². The predicted molar refractivity (Wildman–Crippen MR) is 59.8 cm³/mol. The molecule has 0 saturated carbocycles. The number of nitrogens with one attached hydrogen (secondary N) is 1. The normalized spacial score (nSPS) is 12.4. The highest BCUT2D eigenvalue weighted by atomic mass is 19.1. The molecule has 0 aromatic heterocycles. The minimum Gasteiger partial charge on any atom is -0.481 e. The Balaban J connectivity index is 2.33. The molecule has 0 fully saturated rings. The number of benzene rings is 1. The van der Waals surface area contributed by atoms with E-state index in [0.29, 0.717) is 13.0 Å². The quantitative estimate of drug-likeness (QED) is 0.776. The molecular weight excluding hydrogens is 209 g/mol. The van der Waals surface area contributed by atoms with Gasteiger partial charge in [-0.3, -0.25) is 4.79 Å². The molecule has 88 valence electrons. The van der Waals surface area contributed by atoms with Gasteiger partial charge in [0, 0.05) is 12.6 Å². The van der Waals surface area contributed by atoms with E-state index in [1.807, 2.05) is 13.0 Å². The Morgan fingerprint density at radius 1 is 1.56 bits per heavy atom. The van der Waals surface area contributed by atoms with Crippen LogP contribution in [0.2, 0.25) is 0 Å². The van der Waals surface area contributed by atoms with Crippen LogP contribution >= 0.6 is 0 Å². The van der Waals surface area contributed by atoms with Crippen LogP contribution in [0.5, 0.6) is 0 Å². The fourth-order valence-corrected chi connectivity index (χ4v) is 1.52. The molecule has 0 aliphatic heterocycles. The molecule has 1 rings (SSSR count). The van der Waals surface area contributed by atoms with Gasteiger partial charge in [0.15, 0.2) is 0 Å². The molecule has 0 aliphatic rings. The summed E-state index contributed by atoms with van der Waals surface area (Å²) in [7, 11) is 0. The first-order valence-electron chi connectivity index (χ1n) is 5.27. The fourth-order valence-electron chi connectivity index (χ4n) is 1.52. The molecule has 1 atom stereocenters. The van der Waals surface area contributed by atoms with E-state index in [0.717, 1.165) is 5.56 Å². The molecule has 3 nitrogen and oxygen atoms in total. The van der Waals surface area contributed by atoms with Crippen molar-refractivity contribution in [2.75, 3.05) is 6.54 Å². The SMILES string of the molecule is CC(Cc1cccc(F)c1)NCCC(=O)O. The summed E-state index contributed by atoms with van der Waals surface area (Å²) in [5.74, 6) is -1.05. The number of hydrogen-bond acceptors (Lipinski definition) is 2. The van der Waals surface area contributed by atoms with Gasteiger partial charge >= 0.3 is 5.97 Å². The van der Waals surface area contributed by atoms with Crippen molar-refractivity contribution in [2.24, 2.45) is 0 Å². The molecule has 1 aromatic carbocycles. The van der Waals surface area contributed by atoms with Crippen LogP contribution in [0.15, 0.2) is 24.3 Å². The lowest BCUT2D eigenvalue weighted by atomic mass is 10.1. The van der Waals surface area contributed by atoms with E-state index in [4.69, 9.17) is 5.11 Å². The molecule has 1 aromatic rings. The Morgan fingerprint density at radius 2 is 2.31 bits per heavy atom. The van der Waals surface area contributed by atoms with Crippen LogP contribution < -0.4 is 5.32 Å². The number of hydrogen-bond donors (Lipinski definition) is 2. The number of aliphatic carboxylic acids is 1. The highest BCUT2D eigenvalue weighted by Gasteiger charge is 2.04. The van der Waals surface area contributed by atoms with Crippen LogP contribution in [0, 0.1) is 5.82 Å². The van der Waals surface area contributed by atoms with E-state index in [-0.39, 0.29) is 18.3 Å². The highest BCUT2D eigenvalue weighted by molar-refractivity contribution is 5.66. The van der Waals surface area contributed by atoms with Crippen molar-refractivity contribution in [3.63, 3.8) is 0 Å². The first-order valence-corrected chi connectivity index (χ1v) is 5.27. The summed E-state index contributed by atoms with van der Waals surface area (Å²) in [5, 5.41) is 11.5. The third-order valence-electron chi connectivity index (χ3n) is 2.26. The van der Waals surface area contributed by atoms with Crippen LogP contribution in [0.4, 0.5) is 4.39 Å². The number of carbonyl (C=O) groups is 1. The van der Waals surface area contributed by atoms with E-state index in [2.05, 4.69) is 5.32 Å². The molecule has 0 radical (unpaired) electrons. The maximum absolute atomic E-state index is 12.9. The third kappa shape index (κ3) is 4.89. The van der Waals surface area contributed by atoms with Crippen molar-refractivity contribution >= 4 is 5.97 Å². The molecule has 2 N–H and O–H groups in total. The molecule has 0 heterocycles. The molecule has 16 heavy (non-hydrogen) atoms. The smallest absolute Gasteiger partial charge is 0.304 e. The number of carboxylic acids is 1. The second-order valence-electron chi connectivity index (χ2n) is 3.83. The second kappa shape index (κ2) is 6.23. The van der Waals surface area contributed by atoms with Crippen molar-refractivity contribution in [2.45, 2.75) is 25.8 Å². The molecule has 0 spiro atoms. The van der Waals surface area contributed by atoms with Gasteiger partial charge in [-0.2, -0.15) is 0 Å². The molecular formula is C12H16FNO2. The minimum atomic E-state index is -0.814. The summed E-state index contributed by atoms with van der Waals surface area (Å²) in [6.07, 6.45) is 0.796. The molecule has 0 aliphatic carbocycles. The summed E-state index contributed by atoms with van der Waals surface area (Å²) in [5.41, 5.74) is 0.912. The first kappa shape index (κ1) is 12.6. The Bertz CT molecular complexity index is 355.